The molecule has 1 nitrogen and oxygen atoms in total. The Morgan fingerprint density at radius 1 is 0.750 bits per heavy atom. The van der Waals surface area contributed by atoms with Gasteiger partial charge in [-0.15, -0.1) is 0 Å². The van der Waals surface area contributed by atoms with Gasteiger partial charge in [0.05, 0.1) is 0 Å². The van der Waals surface area contributed by atoms with Gasteiger partial charge in [0.1, 0.15) is 6.10 Å². The second-order valence-electron chi connectivity index (χ2n) is 11.5. The normalized spacial score (nSPS) is 28.4. The molecule has 196 valence electrons. The summed E-state index contributed by atoms with van der Waals surface area (Å²) >= 11 is 0. The summed E-state index contributed by atoms with van der Waals surface area (Å²) in [5, 5.41) is 0. The number of aryl methyl sites for hydroxylation is 2. The van der Waals surface area contributed by atoms with Gasteiger partial charge in [0, 0.05) is 0 Å². The zero-order chi connectivity index (χ0) is 25.4. The molecule has 2 fully saturated rings. The van der Waals surface area contributed by atoms with E-state index in [9.17, 15) is 8.78 Å². The second kappa shape index (κ2) is 10.8. The van der Waals surface area contributed by atoms with E-state index < -0.39 is 23.3 Å². The summed E-state index contributed by atoms with van der Waals surface area (Å²) in [5.41, 5.74) is 2.02. The lowest BCUT2D eigenvalue weighted by Crippen LogP contribution is -2.34. The molecule has 5 heteroatoms. The van der Waals surface area contributed by atoms with Crippen molar-refractivity contribution in [3.8, 4) is 5.75 Å². The third-order valence-electron chi connectivity index (χ3n) is 9.14. The van der Waals surface area contributed by atoms with Crippen LogP contribution >= 0.6 is 0 Å². The summed E-state index contributed by atoms with van der Waals surface area (Å²) in [6, 6.07) is 5.23. The molecule has 0 aromatic heterocycles. The van der Waals surface area contributed by atoms with Crippen LogP contribution in [0.3, 0.4) is 0 Å². The number of ether oxygens (including phenoxy) is 1. The molecule has 2 aliphatic carbocycles. The molecule has 36 heavy (non-hydrogen) atoms. The van der Waals surface area contributed by atoms with Gasteiger partial charge in [0.25, 0.3) is 0 Å². The fourth-order valence-electron chi connectivity index (χ4n) is 6.89. The van der Waals surface area contributed by atoms with Crippen LogP contribution in [0.15, 0.2) is 18.2 Å². The molecule has 3 aliphatic rings. The molecule has 0 saturated heterocycles. The van der Waals surface area contributed by atoms with E-state index in [4.69, 9.17) is 4.74 Å². The van der Waals surface area contributed by atoms with Gasteiger partial charge >= 0.3 is 0 Å². The van der Waals surface area contributed by atoms with Crippen LogP contribution in [0.5, 0.6) is 5.75 Å². The number of hydrogen-bond donors (Lipinski definition) is 0. The van der Waals surface area contributed by atoms with Crippen molar-refractivity contribution in [3.05, 3.63) is 63.7 Å². The van der Waals surface area contributed by atoms with E-state index in [0.29, 0.717) is 61.1 Å². The third kappa shape index (κ3) is 4.91. The molecule has 1 heterocycles. The maximum Gasteiger partial charge on any atom is 0.201 e. The summed E-state index contributed by atoms with van der Waals surface area (Å²) in [5.74, 6) is -2.06. The van der Waals surface area contributed by atoms with Gasteiger partial charge in [0.15, 0.2) is 23.2 Å². The Bertz CT molecular complexity index is 1080. The Balaban J connectivity index is 1.28. The molecule has 0 radical (unpaired) electrons. The van der Waals surface area contributed by atoms with E-state index >= 15 is 8.78 Å². The van der Waals surface area contributed by atoms with E-state index in [2.05, 4.69) is 6.92 Å². The molecule has 0 N–H and O–H groups in total. The van der Waals surface area contributed by atoms with Gasteiger partial charge in [0.2, 0.25) is 5.82 Å². The van der Waals surface area contributed by atoms with Crippen molar-refractivity contribution in [3.63, 3.8) is 0 Å². The van der Waals surface area contributed by atoms with Crippen molar-refractivity contribution >= 4 is 0 Å². The molecular weight excluding hydrogens is 464 g/mol. The summed E-state index contributed by atoms with van der Waals surface area (Å²) in [6.45, 7) is 4.21. The molecule has 2 saturated carbocycles. The van der Waals surface area contributed by atoms with Gasteiger partial charge in [-0.1, -0.05) is 45.2 Å². The lowest BCUT2D eigenvalue weighted by Gasteiger charge is -2.36. The molecule has 0 bridgehead atoms. The minimum absolute atomic E-state index is 0.0285. The standard InChI is InChI=1S/C31H38F4O/c1-3-4-22-13-15-24(28(33)27(22)32)19-9-11-20(12-10-19)25-17-23-14-16-26(21-7-5-18(2)6-8-21)36-31(23)30(35)29(25)34/h13,15,17-21,26H,3-12,14,16H2,1-2H3. The number of hydrogen-bond acceptors (Lipinski definition) is 1. The van der Waals surface area contributed by atoms with Crippen LogP contribution in [0, 0.1) is 35.1 Å². The molecule has 5 rings (SSSR count). The molecule has 2 aromatic carbocycles. The highest BCUT2D eigenvalue weighted by Crippen LogP contribution is 2.46. The summed E-state index contributed by atoms with van der Waals surface area (Å²) in [7, 11) is 0. The lowest BCUT2D eigenvalue weighted by molar-refractivity contribution is 0.0739. The number of rotatable bonds is 5. The molecule has 0 spiro atoms. The van der Waals surface area contributed by atoms with Gasteiger partial charge in [-0.3, -0.25) is 0 Å². The van der Waals surface area contributed by atoms with Crippen molar-refractivity contribution in [2.24, 2.45) is 11.8 Å². The van der Waals surface area contributed by atoms with E-state index in [1.54, 1.807) is 12.1 Å². The lowest BCUT2D eigenvalue weighted by atomic mass is 9.75. The van der Waals surface area contributed by atoms with Crippen LogP contribution < -0.4 is 4.74 Å². The first kappa shape index (κ1) is 25.6. The summed E-state index contributed by atoms with van der Waals surface area (Å²) < 4.78 is 65.9. The van der Waals surface area contributed by atoms with Crippen LogP contribution in [0.4, 0.5) is 17.6 Å². The Kier molecular flexibility index (Phi) is 7.65. The molecule has 1 unspecified atom stereocenters. The number of fused-ring (bicyclic) bond motifs is 1. The van der Waals surface area contributed by atoms with Crippen LogP contribution in [-0.2, 0) is 12.8 Å². The molecule has 0 amide bonds. The number of benzene rings is 2. The van der Waals surface area contributed by atoms with Crippen LogP contribution in [-0.4, -0.2) is 6.10 Å². The smallest absolute Gasteiger partial charge is 0.201 e. The Morgan fingerprint density at radius 3 is 2.06 bits per heavy atom. The minimum Gasteiger partial charge on any atom is -0.487 e. The van der Waals surface area contributed by atoms with Gasteiger partial charge in [-0.2, -0.15) is 4.39 Å². The predicted octanol–water partition coefficient (Wildman–Crippen LogP) is 9.16. The Morgan fingerprint density at radius 2 is 1.39 bits per heavy atom. The van der Waals surface area contributed by atoms with Crippen molar-refractivity contribution < 1.29 is 22.3 Å². The highest BCUT2D eigenvalue weighted by Gasteiger charge is 2.35. The first-order valence-corrected chi connectivity index (χ1v) is 14.0. The van der Waals surface area contributed by atoms with Crippen LogP contribution in [0.25, 0.3) is 0 Å². The maximum atomic E-state index is 15.3. The Hall–Kier alpha value is -2.04. The molecule has 2 aromatic rings. The van der Waals surface area contributed by atoms with Crippen molar-refractivity contribution in [1.29, 1.82) is 0 Å². The molecule has 1 atom stereocenters. The fraction of sp³-hybridized carbons (Fsp3) is 0.613. The zero-order valence-electron chi connectivity index (χ0n) is 21.5. The van der Waals surface area contributed by atoms with E-state index in [1.807, 2.05) is 13.0 Å². The van der Waals surface area contributed by atoms with E-state index in [-0.39, 0.29) is 23.7 Å². The zero-order valence-corrected chi connectivity index (χ0v) is 21.5. The van der Waals surface area contributed by atoms with Crippen molar-refractivity contribution in [2.45, 2.75) is 109 Å². The topological polar surface area (TPSA) is 9.23 Å². The van der Waals surface area contributed by atoms with Gasteiger partial charge < -0.3 is 4.74 Å². The third-order valence-corrected chi connectivity index (χ3v) is 9.14. The highest BCUT2D eigenvalue weighted by atomic mass is 19.2. The Labute approximate surface area is 212 Å². The average molecular weight is 503 g/mol. The quantitative estimate of drug-likeness (QED) is 0.370. The van der Waals surface area contributed by atoms with Crippen molar-refractivity contribution in [1.82, 2.24) is 0 Å². The van der Waals surface area contributed by atoms with Gasteiger partial charge in [-0.25, -0.2) is 13.2 Å². The van der Waals surface area contributed by atoms with E-state index in [0.717, 1.165) is 37.2 Å². The predicted molar refractivity (Wildman–Crippen MR) is 135 cm³/mol. The molecule has 1 aliphatic heterocycles. The first-order chi connectivity index (χ1) is 17.4. The van der Waals surface area contributed by atoms with Crippen LogP contribution in [0.2, 0.25) is 0 Å². The largest absolute Gasteiger partial charge is 0.487 e. The average Bonchev–Trinajstić information content (AvgIpc) is 2.90. The fourth-order valence-corrected chi connectivity index (χ4v) is 6.89. The summed E-state index contributed by atoms with van der Waals surface area (Å²) in [6.07, 6.45) is 9.86. The monoisotopic (exact) mass is 502 g/mol. The van der Waals surface area contributed by atoms with Gasteiger partial charge in [-0.05, 0) is 110 Å². The number of halogens is 4. The van der Waals surface area contributed by atoms with E-state index in [1.165, 1.54) is 12.8 Å². The SMILES string of the molecule is CCCc1ccc(C2CCC(c3cc4c(c(F)c3F)OC(C3CCC(C)CC3)CC4)CC2)c(F)c1F. The maximum absolute atomic E-state index is 15.3. The van der Waals surface area contributed by atoms with Crippen molar-refractivity contribution in [2.75, 3.05) is 0 Å². The summed E-state index contributed by atoms with van der Waals surface area (Å²) in [4.78, 5) is 0. The minimum atomic E-state index is -0.849. The first-order valence-electron chi connectivity index (χ1n) is 14.0. The van der Waals surface area contributed by atoms with Crippen LogP contribution in [0.1, 0.15) is 112 Å². The highest BCUT2D eigenvalue weighted by molar-refractivity contribution is 5.43. The molecular formula is C31H38F4O. The second-order valence-corrected chi connectivity index (χ2v) is 11.5.